The topological polar surface area (TPSA) is 20.2 Å². The average Bonchev–Trinajstić information content (AvgIpc) is 3.17. The van der Waals surface area contributed by atoms with Crippen LogP contribution >= 0.6 is 0 Å². The molecule has 3 aromatic rings. The summed E-state index contributed by atoms with van der Waals surface area (Å²) < 4.78 is 0. The molecule has 0 saturated heterocycles. The average molecular weight is 350 g/mol. The minimum atomic E-state index is -0.382. The Balaban J connectivity index is 1.97. The second-order valence-electron chi connectivity index (χ2n) is 6.81. The molecule has 0 bridgehead atoms. The van der Waals surface area contributed by atoms with Gasteiger partial charge in [-0.05, 0) is 23.1 Å². The quantitative estimate of drug-likeness (QED) is 0.470. The lowest BCUT2D eigenvalue weighted by Crippen LogP contribution is -2.04. The van der Waals surface area contributed by atoms with Crippen LogP contribution in [0.25, 0.3) is 11.1 Å². The van der Waals surface area contributed by atoms with E-state index in [9.17, 15) is 5.11 Å². The van der Waals surface area contributed by atoms with Crippen molar-refractivity contribution in [1.82, 2.24) is 0 Å². The largest absolute Gasteiger partial charge is 0.389 e. The molecule has 132 valence electrons. The molecule has 0 spiro atoms. The minimum absolute atomic E-state index is 0.157. The highest BCUT2D eigenvalue weighted by Crippen LogP contribution is 2.34. The van der Waals surface area contributed by atoms with E-state index in [1.807, 2.05) is 24.3 Å². The second kappa shape index (κ2) is 8.05. The van der Waals surface area contributed by atoms with Crippen molar-refractivity contribution in [1.29, 1.82) is 0 Å². The standard InChI is InChI=1S/C26H22O/c27-24-17-16-23(18-24)26(22-14-8-3-9-15-22)19-25(20-10-4-1-5-11-20)21-12-6-2-7-13-21/h1-17,23-24,27H,18H2/t23-,24-/m1/s1. The Bertz CT molecular complexity index is 937. The van der Waals surface area contributed by atoms with E-state index in [2.05, 4.69) is 84.6 Å². The van der Waals surface area contributed by atoms with Gasteiger partial charge in [-0.2, -0.15) is 0 Å². The molecule has 0 heterocycles. The van der Waals surface area contributed by atoms with Crippen LogP contribution < -0.4 is 0 Å². The molecule has 1 aliphatic carbocycles. The zero-order valence-corrected chi connectivity index (χ0v) is 15.1. The zero-order valence-electron chi connectivity index (χ0n) is 15.1. The number of benzene rings is 3. The number of aliphatic hydroxyl groups excluding tert-OH is 1. The van der Waals surface area contributed by atoms with E-state index in [0.29, 0.717) is 6.42 Å². The predicted molar refractivity (Wildman–Crippen MR) is 112 cm³/mol. The van der Waals surface area contributed by atoms with Gasteiger partial charge in [0, 0.05) is 17.1 Å². The first-order valence-corrected chi connectivity index (χ1v) is 9.35. The van der Waals surface area contributed by atoms with Crippen molar-refractivity contribution in [2.24, 2.45) is 5.92 Å². The van der Waals surface area contributed by atoms with Crippen molar-refractivity contribution in [3.63, 3.8) is 0 Å². The zero-order chi connectivity index (χ0) is 18.5. The third-order valence-corrected chi connectivity index (χ3v) is 4.90. The van der Waals surface area contributed by atoms with Crippen molar-refractivity contribution in [2.75, 3.05) is 0 Å². The monoisotopic (exact) mass is 350 g/mol. The van der Waals surface area contributed by atoms with Crippen LogP contribution in [-0.4, -0.2) is 11.2 Å². The van der Waals surface area contributed by atoms with Gasteiger partial charge in [0.2, 0.25) is 0 Å². The maximum Gasteiger partial charge on any atom is 0.0730 e. The molecule has 0 fully saturated rings. The first-order valence-electron chi connectivity index (χ1n) is 9.35. The third kappa shape index (κ3) is 4.01. The van der Waals surface area contributed by atoms with Crippen molar-refractivity contribution in [3.05, 3.63) is 126 Å². The van der Waals surface area contributed by atoms with Gasteiger partial charge >= 0.3 is 0 Å². The Labute approximate surface area is 160 Å². The van der Waals surface area contributed by atoms with Crippen LogP contribution in [0.3, 0.4) is 0 Å². The Morgan fingerprint density at radius 1 is 0.667 bits per heavy atom. The van der Waals surface area contributed by atoms with Crippen LogP contribution in [0.2, 0.25) is 0 Å². The SMILES string of the molecule is O[C@@H]1C=C[C@@H](C(=C=C(c2ccccc2)c2ccccc2)c2ccccc2)C1. The molecular formula is C26H22O. The summed E-state index contributed by atoms with van der Waals surface area (Å²) in [4.78, 5) is 0. The molecule has 1 N–H and O–H groups in total. The number of rotatable bonds is 4. The highest BCUT2D eigenvalue weighted by molar-refractivity contribution is 5.84. The Kier molecular flexibility index (Phi) is 5.16. The molecule has 2 atom stereocenters. The number of aliphatic hydroxyl groups is 1. The fourth-order valence-electron chi connectivity index (χ4n) is 3.55. The summed E-state index contributed by atoms with van der Waals surface area (Å²) in [5, 5.41) is 10.0. The van der Waals surface area contributed by atoms with Crippen LogP contribution in [0.4, 0.5) is 0 Å². The van der Waals surface area contributed by atoms with Crippen LogP contribution in [0, 0.1) is 5.92 Å². The van der Waals surface area contributed by atoms with E-state index in [0.717, 1.165) is 27.8 Å². The Morgan fingerprint density at radius 3 is 1.59 bits per heavy atom. The Hall–Kier alpha value is -3.12. The van der Waals surface area contributed by atoms with E-state index < -0.39 is 0 Å². The fourth-order valence-corrected chi connectivity index (χ4v) is 3.55. The lowest BCUT2D eigenvalue weighted by atomic mass is 9.89. The van der Waals surface area contributed by atoms with Crippen molar-refractivity contribution < 1.29 is 5.11 Å². The third-order valence-electron chi connectivity index (χ3n) is 4.90. The molecule has 1 aliphatic rings. The van der Waals surface area contributed by atoms with Crippen molar-refractivity contribution in [3.8, 4) is 0 Å². The molecule has 27 heavy (non-hydrogen) atoms. The first kappa shape index (κ1) is 17.3. The van der Waals surface area contributed by atoms with Gasteiger partial charge in [-0.1, -0.05) is 103 Å². The summed E-state index contributed by atoms with van der Waals surface area (Å²) in [5.41, 5.74) is 9.35. The maximum atomic E-state index is 10.0. The van der Waals surface area contributed by atoms with Gasteiger partial charge < -0.3 is 5.11 Å². The molecule has 0 radical (unpaired) electrons. The van der Waals surface area contributed by atoms with E-state index in [-0.39, 0.29) is 12.0 Å². The highest BCUT2D eigenvalue weighted by Gasteiger charge is 2.22. The molecule has 0 aromatic heterocycles. The molecule has 0 amide bonds. The highest BCUT2D eigenvalue weighted by atomic mass is 16.3. The molecule has 1 nitrogen and oxygen atoms in total. The van der Waals surface area contributed by atoms with E-state index >= 15 is 0 Å². The second-order valence-corrected chi connectivity index (χ2v) is 6.81. The fraction of sp³-hybridized carbons (Fsp3) is 0.115. The normalized spacial score (nSPS) is 18.1. The minimum Gasteiger partial charge on any atom is -0.389 e. The summed E-state index contributed by atoms with van der Waals surface area (Å²) >= 11 is 0. The van der Waals surface area contributed by atoms with E-state index in [4.69, 9.17) is 0 Å². The van der Waals surface area contributed by atoms with Crippen LogP contribution in [0.5, 0.6) is 0 Å². The molecule has 1 heteroatoms. The first-order chi connectivity index (χ1) is 13.3. The molecule has 0 saturated carbocycles. The van der Waals surface area contributed by atoms with Crippen LogP contribution in [0.1, 0.15) is 23.1 Å². The van der Waals surface area contributed by atoms with E-state index in [1.165, 1.54) is 0 Å². The Morgan fingerprint density at radius 2 is 1.15 bits per heavy atom. The van der Waals surface area contributed by atoms with Gasteiger partial charge in [-0.25, -0.2) is 0 Å². The van der Waals surface area contributed by atoms with Crippen LogP contribution in [0.15, 0.2) is 109 Å². The van der Waals surface area contributed by atoms with Crippen molar-refractivity contribution in [2.45, 2.75) is 12.5 Å². The molecular weight excluding hydrogens is 328 g/mol. The molecule has 0 aliphatic heterocycles. The predicted octanol–water partition coefficient (Wildman–Crippen LogP) is 5.74. The number of hydrogen-bond acceptors (Lipinski definition) is 1. The number of allylic oxidation sites excluding steroid dienone is 2. The van der Waals surface area contributed by atoms with Gasteiger partial charge in [-0.15, -0.1) is 5.73 Å². The van der Waals surface area contributed by atoms with Gasteiger partial charge in [0.15, 0.2) is 0 Å². The maximum absolute atomic E-state index is 10.0. The van der Waals surface area contributed by atoms with Gasteiger partial charge in [0.1, 0.15) is 0 Å². The summed E-state index contributed by atoms with van der Waals surface area (Å²) in [5.74, 6) is 0.157. The lowest BCUT2D eigenvalue weighted by molar-refractivity contribution is 0.217. The molecule has 0 unspecified atom stereocenters. The summed E-state index contributed by atoms with van der Waals surface area (Å²) in [7, 11) is 0. The molecule has 4 rings (SSSR count). The molecule has 3 aromatic carbocycles. The number of hydrogen-bond donors (Lipinski definition) is 1. The van der Waals surface area contributed by atoms with Crippen molar-refractivity contribution >= 4 is 11.1 Å². The van der Waals surface area contributed by atoms with Gasteiger partial charge in [0.05, 0.1) is 6.10 Å². The summed E-state index contributed by atoms with van der Waals surface area (Å²) in [6, 6.07) is 31.2. The van der Waals surface area contributed by atoms with E-state index in [1.54, 1.807) is 0 Å². The van der Waals surface area contributed by atoms with Gasteiger partial charge in [-0.3, -0.25) is 0 Å². The summed E-state index contributed by atoms with van der Waals surface area (Å²) in [6.45, 7) is 0. The lowest BCUT2D eigenvalue weighted by Gasteiger charge is -2.14. The summed E-state index contributed by atoms with van der Waals surface area (Å²) in [6.07, 6.45) is 4.31. The smallest absolute Gasteiger partial charge is 0.0730 e. The van der Waals surface area contributed by atoms with Gasteiger partial charge in [0.25, 0.3) is 0 Å². The van der Waals surface area contributed by atoms with Crippen LogP contribution in [-0.2, 0) is 0 Å².